The summed E-state index contributed by atoms with van der Waals surface area (Å²) in [4.78, 5) is 0.250. The lowest BCUT2D eigenvalue weighted by Crippen LogP contribution is -2.27. The van der Waals surface area contributed by atoms with Crippen LogP contribution in [0.15, 0.2) is 35.2 Å². The number of sulfonamides is 1. The van der Waals surface area contributed by atoms with Crippen LogP contribution in [0.1, 0.15) is 29.7 Å². The van der Waals surface area contributed by atoms with Crippen molar-refractivity contribution in [1.82, 2.24) is 4.72 Å². The van der Waals surface area contributed by atoms with Crippen LogP contribution in [0, 0.1) is 13.8 Å². The van der Waals surface area contributed by atoms with Crippen molar-refractivity contribution >= 4 is 10.0 Å². The number of hydrogen-bond donors (Lipinski definition) is 1. The topological polar surface area (TPSA) is 73.9 Å². The van der Waals surface area contributed by atoms with Gasteiger partial charge in [-0.3, -0.25) is 0 Å². The van der Waals surface area contributed by atoms with Crippen molar-refractivity contribution in [3.63, 3.8) is 0 Å². The molecule has 1 aliphatic heterocycles. The molecule has 0 saturated carbocycles. The number of methoxy groups -OCH3 is 1. The summed E-state index contributed by atoms with van der Waals surface area (Å²) < 4.78 is 44.8. The highest BCUT2D eigenvalue weighted by molar-refractivity contribution is 7.89. The van der Waals surface area contributed by atoms with E-state index in [1.807, 2.05) is 19.1 Å². The van der Waals surface area contributed by atoms with E-state index in [-0.39, 0.29) is 4.90 Å². The number of nitrogens with one attached hydrogen (secondary N) is 1. The Morgan fingerprint density at radius 1 is 1.04 bits per heavy atom. The number of aryl methyl sites for hydroxylation is 2. The molecule has 0 bridgehead atoms. The molecule has 26 heavy (non-hydrogen) atoms. The van der Waals surface area contributed by atoms with Gasteiger partial charge in [-0.2, -0.15) is 0 Å². The Morgan fingerprint density at radius 3 is 2.42 bits per heavy atom. The lowest BCUT2D eigenvalue weighted by Gasteiger charge is -2.21. The molecule has 1 unspecified atom stereocenters. The molecule has 2 aromatic rings. The minimum absolute atomic E-state index is 0.250. The quantitative estimate of drug-likeness (QED) is 0.867. The van der Waals surface area contributed by atoms with Crippen molar-refractivity contribution in [3.8, 4) is 17.2 Å². The van der Waals surface area contributed by atoms with E-state index >= 15 is 0 Å². The molecule has 1 aliphatic rings. The number of ether oxygens (including phenoxy) is 3. The van der Waals surface area contributed by atoms with Crippen molar-refractivity contribution in [2.45, 2.75) is 31.7 Å². The summed E-state index contributed by atoms with van der Waals surface area (Å²) in [5, 5.41) is 0. The van der Waals surface area contributed by atoms with Crippen LogP contribution in [0.25, 0.3) is 0 Å². The lowest BCUT2D eigenvalue weighted by atomic mass is 10.1. The van der Waals surface area contributed by atoms with Gasteiger partial charge in [0, 0.05) is 6.04 Å². The largest absolute Gasteiger partial charge is 0.496 e. The van der Waals surface area contributed by atoms with E-state index in [1.54, 1.807) is 39.2 Å². The average molecular weight is 377 g/mol. The third-order valence-electron chi connectivity index (χ3n) is 4.38. The molecule has 0 aromatic heterocycles. The highest BCUT2D eigenvalue weighted by atomic mass is 32.2. The van der Waals surface area contributed by atoms with Gasteiger partial charge in [0.2, 0.25) is 10.0 Å². The first-order chi connectivity index (χ1) is 12.3. The molecular weight excluding hydrogens is 354 g/mol. The third kappa shape index (κ3) is 3.64. The molecule has 6 nitrogen and oxygen atoms in total. The molecule has 0 aliphatic carbocycles. The van der Waals surface area contributed by atoms with E-state index in [4.69, 9.17) is 14.2 Å². The average Bonchev–Trinajstić information content (AvgIpc) is 2.62. The zero-order valence-corrected chi connectivity index (χ0v) is 16.1. The van der Waals surface area contributed by atoms with Crippen LogP contribution in [0.4, 0.5) is 0 Å². The Hall–Kier alpha value is -2.25. The Kier molecular flexibility index (Phi) is 5.11. The molecule has 0 fully saturated rings. The van der Waals surface area contributed by atoms with Crippen molar-refractivity contribution in [2.75, 3.05) is 20.3 Å². The van der Waals surface area contributed by atoms with Crippen molar-refractivity contribution in [2.24, 2.45) is 0 Å². The van der Waals surface area contributed by atoms with Crippen molar-refractivity contribution in [1.29, 1.82) is 0 Å². The smallest absolute Gasteiger partial charge is 0.241 e. The molecule has 0 spiro atoms. The molecule has 1 N–H and O–H groups in total. The van der Waals surface area contributed by atoms with E-state index in [2.05, 4.69) is 4.72 Å². The first kappa shape index (κ1) is 18.5. The minimum Gasteiger partial charge on any atom is -0.496 e. The van der Waals surface area contributed by atoms with Crippen LogP contribution in [0.2, 0.25) is 0 Å². The van der Waals surface area contributed by atoms with Gasteiger partial charge in [0.25, 0.3) is 0 Å². The van der Waals surface area contributed by atoms with Crippen LogP contribution < -0.4 is 18.9 Å². The zero-order valence-electron chi connectivity index (χ0n) is 15.3. The van der Waals surface area contributed by atoms with Crippen LogP contribution in [-0.4, -0.2) is 28.7 Å². The monoisotopic (exact) mass is 377 g/mol. The maximum Gasteiger partial charge on any atom is 0.241 e. The fourth-order valence-corrected chi connectivity index (χ4v) is 4.51. The number of fused-ring (bicyclic) bond motifs is 1. The van der Waals surface area contributed by atoms with Gasteiger partial charge in [0.1, 0.15) is 19.0 Å². The number of rotatable bonds is 5. The standard InChI is InChI=1S/C19H23NO5S/c1-12-10-19(13(2)9-17(12)23-4)26(21,22)20-14(3)15-5-6-16-18(11-15)25-8-7-24-16/h5-6,9-11,14,20H,7-8H2,1-4H3. The van der Waals surface area contributed by atoms with Crippen LogP contribution in [0.5, 0.6) is 17.2 Å². The second kappa shape index (κ2) is 7.17. The van der Waals surface area contributed by atoms with Gasteiger partial charge in [-0.05, 0) is 61.7 Å². The molecule has 1 atom stereocenters. The summed E-state index contributed by atoms with van der Waals surface area (Å²) in [6.45, 7) is 6.38. The molecule has 3 rings (SSSR count). The molecule has 0 saturated heterocycles. The molecule has 7 heteroatoms. The Bertz CT molecular complexity index is 924. The van der Waals surface area contributed by atoms with E-state index in [1.165, 1.54) is 0 Å². The third-order valence-corrected chi connectivity index (χ3v) is 6.06. The minimum atomic E-state index is -3.68. The predicted molar refractivity (Wildman–Crippen MR) is 98.6 cm³/mol. The summed E-state index contributed by atoms with van der Waals surface area (Å²) in [7, 11) is -2.12. The normalized spacial score (nSPS) is 14.8. The molecule has 140 valence electrons. The Morgan fingerprint density at radius 2 is 1.73 bits per heavy atom. The highest BCUT2D eigenvalue weighted by Crippen LogP contribution is 2.33. The molecule has 0 radical (unpaired) electrons. The summed E-state index contributed by atoms with van der Waals surface area (Å²) >= 11 is 0. The fraction of sp³-hybridized carbons (Fsp3) is 0.368. The highest BCUT2D eigenvalue weighted by Gasteiger charge is 2.23. The first-order valence-corrected chi connectivity index (χ1v) is 9.87. The predicted octanol–water partition coefficient (Wildman–Crippen LogP) is 3.12. The van der Waals surface area contributed by atoms with E-state index in [9.17, 15) is 8.42 Å². The number of hydrogen-bond acceptors (Lipinski definition) is 5. The van der Waals surface area contributed by atoms with Crippen molar-refractivity contribution < 1.29 is 22.6 Å². The van der Waals surface area contributed by atoms with Gasteiger partial charge < -0.3 is 14.2 Å². The van der Waals surface area contributed by atoms with Crippen LogP contribution >= 0.6 is 0 Å². The SMILES string of the molecule is COc1cc(C)c(S(=O)(=O)NC(C)c2ccc3c(c2)OCCO3)cc1C. The maximum atomic E-state index is 12.9. The first-order valence-electron chi connectivity index (χ1n) is 8.39. The maximum absolute atomic E-state index is 12.9. The van der Waals surface area contributed by atoms with Gasteiger partial charge in [0.05, 0.1) is 12.0 Å². The fourth-order valence-electron chi connectivity index (χ4n) is 2.97. The Balaban J connectivity index is 1.86. The van der Waals surface area contributed by atoms with Gasteiger partial charge >= 0.3 is 0 Å². The van der Waals surface area contributed by atoms with Gasteiger partial charge in [-0.1, -0.05) is 6.07 Å². The second-order valence-corrected chi connectivity index (χ2v) is 8.02. The van der Waals surface area contributed by atoms with Crippen LogP contribution in [-0.2, 0) is 10.0 Å². The van der Waals surface area contributed by atoms with Crippen molar-refractivity contribution in [3.05, 3.63) is 47.0 Å². The van der Waals surface area contributed by atoms with Gasteiger partial charge in [0.15, 0.2) is 11.5 Å². The molecule has 0 amide bonds. The summed E-state index contributed by atoms with van der Waals surface area (Å²) in [6, 6.07) is 8.40. The number of benzene rings is 2. The van der Waals surface area contributed by atoms with Crippen LogP contribution in [0.3, 0.4) is 0 Å². The summed E-state index contributed by atoms with van der Waals surface area (Å²) in [5.74, 6) is 1.98. The summed E-state index contributed by atoms with van der Waals surface area (Å²) in [6.07, 6.45) is 0. The lowest BCUT2D eigenvalue weighted by molar-refractivity contribution is 0.171. The van der Waals surface area contributed by atoms with Gasteiger partial charge in [-0.15, -0.1) is 0 Å². The van der Waals surface area contributed by atoms with Gasteiger partial charge in [-0.25, -0.2) is 13.1 Å². The molecular formula is C19H23NO5S. The van der Waals surface area contributed by atoms with E-state index < -0.39 is 16.1 Å². The zero-order chi connectivity index (χ0) is 18.9. The Labute approximate surface area is 154 Å². The summed E-state index contributed by atoms with van der Waals surface area (Å²) in [5.41, 5.74) is 2.21. The molecule has 2 aromatic carbocycles. The van der Waals surface area contributed by atoms with E-state index in [0.29, 0.717) is 36.0 Å². The second-order valence-electron chi connectivity index (χ2n) is 6.33. The molecule has 1 heterocycles. The van der Waals surface area contributed by atoms with E-state index in [0.717, 1.165) is 11.1 Å².